The van der Waals surface area contributed by atoms with E-state index < -0.39 is 11.7 Å². The number of benzene rings is 1. The number of likely N-dealkylation sites (tertiary alicyclic amines) is 1. The van der Waals surface area contributed by atoms with E-state index >= 15 is 0 Å². The molecule has 2 fully saturated rings. The van der Waals surface area contributed by atoms with Crippen molar-refractivity contribution in [1.29, 1.82) is 0 Å². The molecule has 0 radical (unpaired) electrons. The predicted molar refractivity (Wildman–Crippen MR) is 90.7 cm³/mol. The second-order valence-electron chi connectivity index (χ2n) is 7.07. The van der Waals surface area contributed by atoms with E-state index in [9.17, 15) is 10.2 Å². The first-order valence-corrected chi connectivity index (χ1v) is 8.86. The molecule has 0 aromatic heterocycles. The van der Waals surface area contributed by atoms with Crippen LogP contribution in [-0.2, 0) is 11.2 Å². The number of hydrogen-bond acceptors (Lipinski definition) is 4. The van der Waals surface area contributed by atoms with Crippen LogP contribution in [0.15, 0.2) is 24.3 Å². The first-order chi connectivity index (χ1) is 11.0. The van der Waals surface area contributed by atoms with Crippen LogP contribution in [-0.4, -0.2) is 59.7 Å². The van der Waals surface area contributed by atoms with Gasteiger partial charge in [0.25, 0.3) is 0 Å². The number of aliphatic hydroxyl groups excluding tert-OH is 1. The molecule has 2 saturated heterocycles. The van der Waals surface area contributed by atoms with Crippen molar-refractivity contribution in [1.82, 2.24) is 4.90 Å². The summed E-state index contributed by atoms with van der Waals surface area (Å²) < 4.78 is 5.28. The Morgan fingerprint density at radius 1 is 1.26 bits per heavy atom. The summed E-state index contributed by atoms with van der Waals surface area (Å²) >= 11 is 6.20. The molecule has 2 N–H and O–H groups in total. The molecule has 0 spiro atoms. The maximum atomic E-state index is 10.4. The summed E-state index contributed by atoms with van der Waals surface area (Å²) in [4.78, 5) is 2.26. The largest absolute Gasteiger partial charge is 0.392 e. The lowest BCUT2D eigenvalue weighted by molar-refractivity contribution is -0.0926. The average Bonchev–Trinajstić information content (AvgIpc) is 2.47. The number of halogens is 1. The highest BCUT2D eigenvalue weighted by atomic mass is 35.5. The van der Waals surface area contributed by atoms with E-state index in [-0.39, 0.29) is 0 Å². The first-order valence-electron chi connectivity index (χ1n) is 8.48. The van der Waals surface area contributed by atoms with Gasteiger partial charge in [-0.2, -0.15) is 0 Å². The van der Waals surface area contributed by atoms with Crippen molar-refractivity contribution < 1.29 is 14.9 Å². The lowest BCUT2D eigenvalue weighted by atomic mass is 9.87. The van der Waals surface area contributed by atoms with Crippen molar-refractivity contribution >= 4 is 11.6 Å². The molecule has 5 heteroatoms. The third-order valence-corrected chi connectivity index (χ3v) is 5.38. The Labute approximate surface area is 143 Å². The fourth-order valence-corrected chi connectivity index (χ4v) is 3.90. The van der Waals surface area contributed by atoms with Crippen molar-refractivity contribution in [3.63, 3.8) is 0 Å². The molecule has 0 aliphatic carbocycles. The summed E-state index contributed by atoms with van der Waals surface area (Å²) in [6.45, 7) is 3.80. The van der Waals surface area contributed by atoms with Crippen LogP contribution in [0.5, 0.6) is 0 Å². The van der Waals surface area contributed by atoms with Gasteiger partial charge in [0, 0.05) is 44.3 Å². The maximum absolute atomic E-state index is 10.4. The number of aliphatic hydroxyl groups is 2. The van der Waals surface area contributed by atoms with E-state index in [1.165, 1.54) is 5.56 Å². The van der Waals surface area contributed by atoms with Gasteiger partial charge in [-0.15, -0.1) is 0 Å². The lowest BCUT2D eigenvalue weighted by Crippen LogP contribution is -2.51. The topological polar surface area (TPSA) is 52.9 Å². The molecule has 1 atom stereocenters. The van der Waals surface area contributed by atoms with Gasteiger partial charge in [0.1, 0.15) is 0 Å². The highest BCUT2D eigenvalue weighted by Gasteiger charge is 2.34. The summed E-state index contributed by atoms with van der Waals surface area (Å²) in [7, 11) is 0. The van der Waals surface area contributed by atoms with Crippen molar-refractivity contribution in [2.75, 3.05) is 32.8 Å². The Kier molecular flexibility index (Phi) is 5.60. The number of ether oxygens (including phenoxy) is 1. The van der Waals surface area contributed by atoms with Crippen LogP contribution in [0.2, 0.25) is 5.02 Å². The van der Waals surface area contributed by atoms with Gasteiger partial charge in [0.15, 0.2) is 0 Å². The van der Waals surface area contributed by atoms with E-state index in [0.717, 1.165) is 24.5 Å². The second-order valence-corrected chi connectivity index (χ2v) is 7.48. The standard InChI is InChI=1S/C18H26ClNO3/c19-17-4-2-1-3-15(17)9-14-11-20(12-14)13-16(21)10-18(22)5-7-23-8-6-18/h1-4,14,16,21-22H,5-13H2. The Balaban J connectivity index is 1.39. The second kappa shape index (κ2) is 7.49. The maximum Gasteiger partial charge on any atom is 0.0716 e. The van der Waals surface area contributed by atoms with Crippen LogP contribution >= 0.6 is 11.6 Å². The van der Waals surface area contributed by atoms with E-state index in [1.54, 1.807) is 0 Å². The molecule has 23 heavy (non-hydrogen) atoms. The molecule has 3 rings (SSSR count). The highest BCUT2D eigenvalue weighted by Crippen LogP contribution is 2.28. The van der Waals surface area contributed by atoms with Gasteiger partial charge >= 0.3 is 0 Å². The monoisotopic (exact) mass is 339 g/mol. The number of nitrogens with zero attached hydrogens (tertiary/aromatic N) is 1. The summed E-state index contributed by atoms with van der Waals surface area (Å²) in [6, 6.07) is 8.00. The van der Waals surface area contributed by atoms with Crippen molar-refractivity contribution in [2.24, 2.45) is 5.92 Å². The first kappa shape index (κ1) is 17.2. The van der Waals surface area contributed by atoms with Crippen molar-refractivity contribution in [2.45, 2.75) is 37.4 Å². The normalized spacial score (nSPS) is 23.4. The Morgan fingerprint density at radius 2 is 1.96 bits per heavy atom. The molecule has 0 bridgehead atoms. The molecule has 1 unspecified atom stereocenters. The Morgan fingerprint density at radius 3 is 2.65 bits per heavy atom. The lowest BCUT2D eigenvalue weighted by Gasteiger charge is -2.42. The third kappa shape index (κ3) is 4.68. The number of hydrogen-bond donors (Lipinski definition) is 2. The highest BCUT2D eigenvalue weighted by molar-refractivity contribution is 6.31. The summed E-state index contributed by atoms with van der Waals surface area (Å²) in [5.41, 5.74) is 0.454. The van der Waals surface area contributed by atoms with Gasteiger partial charge in [0.05, 0.1) is 11.7 Å². The van der Waals surface area contributed by atoms with Gasteiger partial charge in [-0.3, -0.25) is 0 Å². The van der Waals surface area contributed by atoms with Crippen LogP contribution in [0.1, 0.15) is 24.8 Å². The molecule has 2 aliphatic rings. The summed E-state index contributed by atoms with van der Waals surface area (Å²) in [6.07, 6.45) is 2.22. The smallest absolute Gasteiger partial charge is 0.0716 e. The minimum atomic E-state index is -0.750. The van der Waals surface area contributed by atoms with Crippen LogP contribution in [0, 0.1) is 5.92 Å². The zero-order valence-electron chi connectivity index (χ0n) is 13.5. The average molecular weight is 340 g/mol. The van der Waals surface area contributed by atoms with Crippen LogP contribution in [0.25, 0.3) is 0 Å². The molecule has 4 nitrogen and oxygen atoms in total. The van der Waals surface area contributed by atoms with Gasteiger partial charge in [0.2, 0.25) is 0 Å². The summed E-state index contributed by atoms with van der Waals surface area (Å²) in [5.74, 6) is 0.605. The molecule has 2 aliphatic heterocycles. The minimum Gasteiger partial charge on any atom is -0.392 e. The fraction of sp³-hybridized carbons (Fsp3) is 0.667. The zero-order valence-corrected chi connectivity index (χ0v) is 14.2. The number of β-amino-alcohol motifs (C(OH)–C–C–N with tert-alkyl or cyclic N) is 1. The SMILES string of the molecule is OC(CN1CC(Cc2ccccc2Cl)C1)CC1(O)CCOCC1. The third-order valence-electron chi connectivity index (χ3n) is 5.01. The zero-order chi connectivity index (χ0) is 16.3. The Hall–Kier alpha value is -0.650. The van der Waals surface area contributed by atoms with Gasteiger partial charge < -0.3 is 19.8 Å². The van der Waals surface area contributed by atoms with Crippen LogP contribution in [0.3, 0.4) is 0 Å². The fourth-order valence-electron chi connectivity index (χ4n) is 3.69. The molecule has 1 aromatic rings. The van der Waals surface area contributed by atoms with Gasteiger partial charge in [-0.25, -0.2) is 0 Å². The quantitative estimate of drug-likeness (QED) is 0.833. The molecule has 0 saturated carbocycles. The van der Waals surface area contributed by atoms with Crippen LogP contribution in [0.4, 0.5) is 0 Å². The predicted octanol–water partition coefficient (Wildman–Crippen LogP) is 2.11. The van der Waals surface area contributed by atoms with E-state index in [1.807, 2.05) is 18.2 Å². The van der Waals surface area contributed by atoms with E-state index in [0.29, 0.717) is 44.9 Å². The molecule has 0 amide bonds. The molecular weight excluding hydrogens is 314 g/mol. The van der Waals surface area contributed by atoms with Gasteiger partial charge in [-0.05, 0) is 36.8 Å². The van der Waals surface area contributed by atoms with Crippen LogP contribution < -0.4 is 0 Å². The van der Waals surface area contributed by atoms with Crippen molar-refractivity contribution in [3.05, 3.63) is 34.9 Å². The molecule has 128 valence electrons. The molecule has 1 aromatic carbocycles. The molecular formula is C18H26ClNO3. The summed E-state index contributed by atoms with van der Waals surface area (Å²) in [5, 5.41) is 21.5. The minimum absolute atomic E-state index is 0.446. The molecule has 2 heterocycles. The number of rotatable bonds is 6. The van der Waals surface area contributed by atoms with Gasteiger partial charge in [-0.1, -0.05) is 29.8 Å². The Bertz CT molecular complexity index is 513. The van der Waals surface area contributed by atoms with E-state index in [4.69, 9.17) is 16.3 Å². The van der Waals surface area contributed by atoms with E-state index in [2.05, 4.69) is 11.0 Å². The van der Waals surface area contributed by atoms with Crippen molar-refractivity contribution in [3.8, 4) is 0 Å².